The summed E-state index contributed by atoms with van der Waals surface area (Å²) in [4.78, 5) is 64.2. The molecule has 0 aromatic carbocycles. The number of carbonyl (C=O) groups excluding carboxylic acids is 5. The van der Waals surface area contributed by atoms with Crippen LogP contribution in [0.1, 0.15) is 85.0 Å². The van der Waals surface area contributed by atoms with Gasteiger partial charge in [0.15, 0.2) is 0 Å². The molecule has 4 saturated carbocycles. The van der Waals surface area contributed by atoms with Gasteiger partial charge in [-0.05, 0) is 72.1 Å². The molecule has 2 N–H and O–H groups in total. The molecule has 0 spiro atoms. The van der Waals surface area contributed by atoms with E-state index in [1.54, 1.807) is 20.8 Å². The van der Waals surface area contributed by atoms with E-state index in [4.69, 9.17) is 18.9 Å². The van der Waals surface area contributed by atoms with Crippen LogP contribution < -0.4 is 10.6 Å². The molecule has 0 saturated heterocycles. The van der Waals surface area contributed by atoms with E-state index in [1.165, 1.54) is 21.3 Å². The van der Waals surface area contributed by atoms with Crippen molar-refractivity contribution in [2.45, 2.75) is 96.1 Å². The van der Waals surface area contributed by atoms with Crippen molar-refractivity contribution in [3.8, 4) is 0 Å². The molecule has 0 aliphatic heterocycles. The molecule has 0 heterocycles. The van der Waals surface area contributed by atoms with Gasteiger partial charge >= 0.3 is 24.0 Å². The van der Waals surface area contributed by atoms with Gasteiger partial charge in [-0.25, -0.2) is 4.79 Å². The predicted molar refractivity (Wildman–Crippen MR) is 135 cm³/mol. The summed E-state index contributed by atoms with van der Waals surface area (Å²) in [6.07, 6.45) is 3.22. The smallest absolute Gasteiger partial charge is 0.407 e. The summed E-state index contributed by atoms with van der Waals surface area (Å²) in [6, 6.07) is 0. The van der Waals surface area contributed by atoms with Gasteiger partial charge in [0, 0.05) is 18.5 Å². The van der Waals surface area contributed by atoms with Crippen LogP contribution in [0.5, 0.6) is 0 Å². The monoisotopic (exact) mass is 538 g/mol. The number of amides is 2. The highest BCUT2D eigenvalue weighted by atomic mass is 16.6. The highest BCUT2D eigenvalue weighted by Crippen LogP contribution is 2.71. The van der Waals surface area contributed by atoms with E-state index in [0.29, 0.717) is 25.8 Å². The Morgan fingerprint density at radius 3 is 1.53 bits per heavy atom. The number of unbranched alkanes of at least 4 members (excludes halogenated alkanes) is 2. The van der Waals surface area contributed by atoms with Gasteiger partial charge in [-0.15, -0.1) is 0 Å². The third kappa shape index (κ3) is 5.91. The number of alkyl carbamates (subject to hydrolysis) is 1. The fourth-order valence-electron chi connectivity index (χ4n) is 7.52. The van der Waals surface area contributed by atoms with Crippen molar-refractivity contribution >= 4 is 29.9 Å². The van der Waals surface area contributed by atoms with Gasteiger partial charge in [0.2, 0.25) is 5.91 Å². The van der Waals surface area contributed by atoms with Crippen LogP contribution in [0.25, 0.3) is 0 Å². The number of hydrogen-bond donors (Lipinski definition) is 2. The van der Waals surface area contributed by atoms with Crippen LogP contribution in [0.15, 0.2) is 0 Å². The molecule has 0 aromatic heterocycles. The molecule has 2 amide bonds. The third-order valence-corrected chi connectivity index (χ3v) is 8.07. The second kappa shape index (κ2) is 10.7. The average Bonchev–Trinajstić information content (AvgIpc) is 2.82. The van der Waals surface area contributed by atoms with Gasteiger partial charge in [0.05, 0.1) is 37.6 Å². The molecule has 214 valence electrons. The minimum atomic E-state index is -1.10. The van der Waals surface area contributed by atoms with Crippen molar-refractivity contribution < 1.29 is 42.9 Å². The maximum Gasteiger partial charge on any atom is 0.407 e. The molecule has 4 rings (SSSR count). The maximum absolute atomic E-state index is 13.1. The third-order valence-electron chi connectivity index (χ3n) is 8.07. The number of nitrogens with one attached hydrogen (secondary N) is 2. The zero-order valence-electron chi connectivity index (χ0n) is 23.5. The van der Waals surface area contributed by atoms with Crippen molar-refractivity contribution in [1.82, 2.24) is 10.6 Å². The van der Waals surface area contributed by atoms with Crippen LogP contribution in [0, 0.1) is 16.2 Å². The Hall–Kier alpha value is -2.85. The Morgan fingerprint density at radius 1 is 0.684 bits per heavy atom. The lowest BCUT2D eigenvalue weighted by molar-refractivity contribution is -0.219. The lowest BCUT2D eigenvalue weighted by Gasteiger charge is -2.67. The van der Waals surface area contributed by atoms with Crippen LogP contribution in [-0.2, 0) is 38.1 Å². The van der Waals surface area contributed by atoms with Crippen molar-refractivity contribution in [3.63, 3.8) is 0 Å². The molecule has 4 aliphatic carbocycles. The normalized spacial score (nSPS) is 31.2. The Morgan fingerprint density at radius 2 is 1.13 bits per heavy atom. The fourth-order valence-corrected chi connectivity index (χ4v) is 7.52. The Labute approximate surface area is 224 Å². The largest absolute Gasteiger partial charge is 0.469 e. The van der Waals surface area contributed by atoms with Gasteiger partial charge < -0.3 is 29.6 Å². The van der Waals surface area contributed by atoms with Crippen LogP contribution in [0.2, 0.25) is 0 Å². The number of hydrogen-bond acceptors (Lipinski definition) is 9. The summed E-state index contributed by atoms with van der Waals surface area (Å²) in [5.74, 6) is -1.69. The zero-order chi connectivity index (χ0) is 28.4. The van der Waals surface area contributed by atoms with Gasteiger partial charge in [-0.3, -0.25) is 19.2 Å². The van der Waals surface area contributed by atoms with Crippen LogP contribution in [-0.4, -0.2) is 68.9 Å². The predicted octanol–water partition coefficient (Wildman–Crippen LogP) is 2.79. The molecule has 4 bridgehead atoms. The first-order valence-electron chi connectivity index (χ1n) is 13.2. The molecule has 4 aliphatic rings. The van der Waals surface area contributed by atoms with E-state index in [2.05, 4.69) is 10.6 Å². The number of ether oxygens (including phenoxy) is 4. The second-order valence-electron chi connectivity index (χ2n) is 12.4. The van der Waals surface area contributed by atoms with Crippen LogP contribution in [0.4, 0.5) is 4.79 Å². The number of esters is 3. The number of rotatable bonds is 10. The van der Waals surface area contributed by atoms with E-state index < -0.39 is 51.4 Å². The molecule has 11 nitrogen and oxygen atoms in total. The Kier molecular flexibility index (Phi) is 8.38. The molecular weight excluding hydrogens is 496 g/mol. The average molecular weight is 539 g/mol. The highest BCUT2D eigenvalue weighted by molar-refractivity contribution is 5.89. The first kappa shape index (κ1) is 29.7. The minimum Gasteiger partial charge on any atom is -0.469 e. The van der Waals surface area contributed by atoms with E-state index in [-0.39, 0.29) is 50.9 Å². The lowest BCUT2D eigenvalue weighted by Crippen LogP contribution is -2.73. The van der Waals surface area contributed by atoms with E-state index in [1.807, 2.05) is 0 Å². The minimum absolute atomic E-state index is 0.209. The molecular formula is C27H42N2O9. The van der Waals surface area contributed by atoms with Gasteiger partial charge in [-0.1, -0.05) is 6.42 Å². The maximum atomic E-state index is 13.1. The Bertz CT molecular complexity index is 883. The first-order valence-corrected chi connectivity index (χ1v) is 13.2. The van der Waals surface area contributed by atoms with Gasteiger partial charge in [0.25, 0.3) is 0 Å². The highest BCUT2D eigenvalue weighted by Gasteiger charge is 2.75. The van der Waals surface area contributed by atoms with Crippen LogP contribution in [0.3, 0.4) is 0 Å². The Balaban J connectivity index is 1.69. The van der Waals surface area contributed by atoms with Crippen molar-refractivity contribution in [2.24, 2.45) is 16.2 Å². The fraction of sp³-hybridized carbons (Fsp3) is 0.815. The molecule has 11 heteroatoms. The van der Waals surface area contributed by atoms with Gasteiger partial charge in [0.1, 0.15) is 5.60 Å². The number of methoxy groups -OCH3 is 3. The molecule has 38 heavy (non-hydrogen) atoms. The lowest BCUT2D eigenvalue weighted by atomic mass is 9.37. The van der Waals surface area contributed by atoms with Crippen molar-refractivity contribution in [2.75, 3.05) is 27.9 Å². The molecule has 4 fully saturated rings. The summed E-state index contributed by atoms with van der Waals surface area (Å²) in [5.41, 5.74) is -4.82. The standard InChI is InChI=1S/C27H42N2O9/c1-23(2,3)38-22(34)28-11-9-7-8-10-18(30)29-27-15-24(19(31)35-4)12-25(16-27,20(32)36-5)14-26(13-24,17-27)21(33)37-6/h7-17H2,1-6H3,(H,28,34)(H,29,30). The van der Waals surface area contributed by atoms with Crippen LogP contribution >= 0.6 is 0 Å². The van der Waals surface area contributed by atoms with Gasteiger partial charge in [-0.2, -0.15) is 0 Å². The zero-order valence-corrected chi connectivity index (χ0v) is 23.5. The summed E-state index contributed by atoms with van der Waals surface area (Å²) < 4.78 is 20.7. The second-order valence-corrected chi connectivity index (χ2v) is 12.4. The van der Waals surface area contributed by atoms with E-state index in [0.717, 1.165) is 0 Å². The number of carbonyl (C=O) groups is 5. The first-order chi connectivity index (χ1) is 17.7. The molecule has 0 atom stereocenters. The van der Waals surface area contributed by atoms with Crippen molar-refractivity contribution in [3.05, 3.63) is 0 Å². The summed E-state index contributed by atoms with van der Waals surface area (Å²) in [5, 5.41) is 5.82. The molecule has 0 unspecified atom stereocenters. The summed E-state index contributed by atoms with van der Waals surface area (Å²) in [7, 11) is 3.87. The quantitative estimate of drug-likeness (QED) is 0.243. The molecule has 0 aromatic rings. The summed E-state index contributed by atoms with van der Waals surface area (Å²) >= 11 is 0. The topological polar surface area (TPSA) is 146 Å². The molecule has 0 radical (unpaired) electrons. The van der Waals surface area contributed by atoms with E-state index in [9.17, 15) is 24.0 Å². The van der Waals surface area contributed by atoms with Crippen molar-refractivity contribution in [1.29, 1.82) is 0 Å². The summed E-state index contributed by atoms with van der Waals surface area (Å²) in [6.45, 7) is 5.82. The van der Waals surface area contributed by atoms with E-state index >= 15 is 0 Å². The SMILES string of the molecule is COC(=O)C12CC3(NC(=O)CCCCCNC(=O)OC(C)(C)C)CC(C(=O)OC)(C1)CC(C(=O)OC)(C3)C2.